The molecule has 1 amide bonds. The van der Waals surface area contributed by atoms with Gasteiger partial charge in [-0.05, 0) is 44.5 Å². The number of alkyl halides is 3. The number of esters is 1. The van der Waals surface area contributed by atoms with Crippen molar-refractivity contribution >= 4 is 17.4 Å². The zero-order valence-electron chi connectivity index (χ0n) is 23.1. The number of hydrogen-bond donors (Lipinski definition) is 1. The summed E-state index contributed by atoms with van der Waals surface area (Å²) in [5.41, 5.74) is -2.54. The molecule has 218 valence electrons. The third kappa shape index (κ3) is 6.84. The molecule has 3 heterocycles. The highest BCUT2D eigenvalue weighted by atomic mass is 19.4. The summed E-state index contributed by atoms with van der Waals surface area (Å²) in [6, 6.07) is 6.55. The molecule has 0 unspecified atom stereocenters. The van der Waals surface area contributed by atoms with E-state index in [1.54, 1.807) is 52.0 Å². The number of benzene rings is 1. The number of carbonyl (C=O) groups excluding carboxylic acids is 2. The minimum absolute atomic E-state index is 0.112. The van der Waals surface area contributed by atoms with Gasteiger partial charge in [0.25, 0.3) is 5.91 Å². The van der Waals surface area contributed by atoms with Gasteiger partial charge in [-0.15, -0.1) is 0 Å². The number of rotatable bonds is 8. The minimum Gasteiger partial charge on any atom is -0.494 e. The van der Waals surface area contributed by atoms with Crippen molar-refractivity contribution < 1.29 is 37.0 Å². The largest absolute Gasteiger partial charge is 0.494 e. The summed E-state index contributed by atoms with van der Waals surface area (Å²) in [6.07, 6.45) is -3.19. The van der Waals surface area contributed by atoms with E-state index < -0.39 is 35.3 Å². The molecule has 0 aliphatic carbocycles. The quantitative estimate of drug-likeness (QED) is 0.378. The Morgan fingerprint density at radius 3 is 2.45 bits per heavy atom. The van der Waals surface area contributed by atoms with Gasteiger partial charge < -0.3 is 19.1 Å². The number of hydrogen-bond acceptors (Lipinski definition) is 7. The fourth-order valence-corrected chi connectivity index (χ4v) is 4.90. The van der Waals surface area contributed by atoms with Gasteiger partial charge in [-0.25, -0.2) is 4.79 Å². The molecular weight excluding hydrogens is 529 g/mol. The maximum Gasteiger partial charge on any atom is 0.435 e. The van der Waals surface area contributed by atoms with Crippen molar-refractivity contribution in [2.24, 2.45) is 0 Å². The zero-order valence-corrected chi connectivity index (χ0v) is 23.1. The SMILES string of the molecule is CC(C)OC(=O)C1=CN(C(=O)c2ccc(OCCCN3CCOCC3)cc2)CC(C)(C)c2c(C(F)(F)F)n[nH]c21. The topological polar surface area (TPSA) is 97.0 Å². The number of carbonyl (C=O) groups is 2. The van der Waals surface area contributed by atoms with Gasteiger partial charge in [0, 0.05) is 48.9 Å². The molecule has 0 spiro atoms. The van der Waals surface area contributed by atoms with Crippen molar-refractivity contribution in [2.45, 2.75) is 51.8 Å². The van der Waals surface area contributed by atoms with E-state index >= 15 is 0 Å². The Hall–Kier alpha value is -3.38. The standard InChI is InChI=1S/C28H35F3N4O5/c1-18(2)40-26(37)21-16-35(17-27(3,4)22-23(21)32-33-24(22)28(29,30)31)25(36)19-6-8-20(9-7-19)39-13-5-10-34-11-14-38-15-12-34/h6-9,16,18H,5,10-15,17H2,1-4H3,(H,32,33). The number of H-pyrrole nitrogens is 1. The van der Waals surface area contributed by atoms with Crippen LogP contribution in [0.1, 0.15) is 61.4 Å². The molecule has 2 aromatic rings. The van der Waals surface area contributed by atoms with Gasteiger partial charge in [0.15, 0.2) is 5.69 Å². The summed E-state index contributed by atoms with van der Waals surface area (Å²) in [4.78, 5) is 30.1. The Bertz CT molecular complexity index is 1230. The van der Waals surface area contributed by atoms with Gasteiger partial charge in [0.1, 0.15) is 11.3 Å². The number of ether oxygens (including phenoxy) is 3. The number of aromatic amines is 1. The Balaban J connectivity index is 1.53. The molecule has 9 nitrogen and oxygen atoms in total. The van der Waals surface area contributed by atoms with E-state index in [9.17, 15) is 22.8 Å². The van der Waals surface area contributed by atoms with Gasteiger partial charge in [0.2, 0.25) is 0 Å². The van der Waals surface area contributed by atoms with Crippen LogP contribution in [0.15, 0.2) is 30.5 Å². The molecular formula is C28H35F3N4O5. The second-order valence-corrected chi connectivity index (χ2v) is 10.8. The second-order valence-electron chi connectivity index (χ2n) is 10.8. The Morgan fingerprint density at radius 2 is 1.82 bits per heavy atom. The molecule has 1 fully saturated rings. The summed E-state index contributed by atoms with van der Waals surface area (Å²) in [5, 5.41) is 5.87. The second kappa shape index (κ2) is 12.0. The van der Waals surface area contributed by atoms with Crippen molar-refractivity contribution in [1.82, 2.24) is 20.0 Å². The molecule has 1 aromatic carbocycles. The van der Waals surface area contributed by atoms with E-state index in [2.05, 4.69) is 15.1 Å². The Morgan fingerprint density at radius 1 is 1.15 bits per heavy atom. The monoisotopic (exact) mass is 564 g/mol. The first-order chi connectivity index (χ1) is 18.9. The maximum atomic E-state index is 13.9. The first-order valence-electron chi connectivity index (χ1n) is 13.3. The van der Waals surface area contributed by atoms with Crippen molar-refractivity contribution in [2.75, 3.05) is 46.0 Å². The molecule has 0 bridgehead atoms. The lowest BCUT2D eigenvalue weighted by molar-refractivity contribution is -0.142. The summed E-state index contributed by atoms with van der Waals surface area (Å²) in [5.74, 6) is -0.735. The van der Waals surface area contributed by atoms with Crippen molar-refractivity contribution in [1.29, 1.82) is 0 Å². The van der Waals surface area contributed by atoms with E-state index in [0.717, 1.165) is 39.3 Å². The minimum atomic E-state index is -4.76. The van der Waals surface area contributed by atoms with Crippen LogP contribution < -0.4 is 4.74 Å². The number of nitrogens with one attached hydrogen (secondary N) is 1. The molecule has 4 rings (SSSR count). The van der Waals surface area contributed by atoms with Gasteiger partial charge in [-0.2, -0.15) is 18.3 Å². The first kappa shape index (κ1) is 29.6. The molecule has 12 heteroatoms. The fourth-order valence-electron chi connectivity index (χ4n) is 4.90. The number of amides is 1. The predicted molar refractivity (Wildman–Crippen MR) is 141 cm³/mol. The number of morpholine rings is 1. The average molecular weight is 565 g/mol. The highest BCUT2D eigenvalue weighted by Crippen LogP contribution is 2.42. The summed E-state index contributed by atoms with van der Waals surface area (Å²) < 4.78 is 58.1. The van der Waals surface area contributed by atoms with Crippen LogP contribution in [0.25, 0.3) is 5.57 Å². The van der Waals surface area contributed by atoms with Gasteiger partial charge in [0.05, 0.1) is 31.6 Å². The number of halogens is 3. The molecule has 1 saturated heterocycles. The van der Waals surface area contributed by atoms with Crippen molar-refractivity contribution in [3.05, 3.63) is 53.0 Å². The van der Waals surface area contributed by atoms with Crippen molar-refractivity contribution in [3.8, 4) is 5.75 Å². The van der Waals surface area contributed by atoms with Crippen LogP contribution in [0.5, 0.6) is 5.75 Å². The molecule has 0 saturated carbocycles. The van der Waals surface area contributed by atoms with Crippen LogP contribution in [0, 0.1) is 0 Å². The zero-order chi connectivity index (χ0) is 29.1. The van der Waals surface area contributed by atoms with Crippen LogP contribution in [0.4, 0.5) is 13.2 Å². The molecule has 1 aromatic heterocycles. The summed E-state index contributed by atoms with van der Waals surface area (Å²) >= 11 is 0. The van der Waals surface area contributed by atoms with Crippen LogP contribution in [-0.2, 0) is 25.9 Å². The molecule has 2 aliphatic heterocycles. The van der Waals surface area contributed by atoms with Crippen LogP contribution in [0.2, 0.25) is 0 Å². The number of nitrogens with zero attached hydrogens (tertiary/aromatic N) is 3. The van der Waals surface area contributed by atoms with Gasteiger partial charge >= 0.3 is 12.1 Å². The molecule has 1 N–H and O–H groups in total. The highest BCUT2D eigenvalue weighted by molar-refractivity contribution is 6.17. The lowest BCUT2D eigenvalue weighted by atomic mass is 9.81. The van der Waals surface area contributed by atoms with E-state index in [-0.39, 0.29) is 23.4 Å². The summed E-state index contributed by atoms with van der Waals surface area (Å²) in [7, 11) is 0. The van der Waals surface area contributed by atoms with Gasteiger partial charge in [-0.1, -0.05) is 13.8 Å². The van der Waals surface area contributed by atoms with Crippen LogP contribution in [-0.4, -0.2) is 84.0 Å². The predicted octanol–water partition coefficient (Wildman–Crippen LogP) is 4.26. The number of aromatic nitrogens is 2. The van der Waals surface area contributed by atoms with Gasteiger partial charge in [-0.3, -0.25) is 14.8 Å². The van der Waals surface area contributed by atoms with Crippen molar-refractivity contribution in [3.63, 3.8) is 0 Å². The molecule has 2 aliphatic rings. The Kier molecular flexibility index (Phi) is 8.89. The highest BCUT2D eigenvalue weighted by Gasteiger charge is 2.46. The molecule has 40 heavy (non-hydrogen) atoms. The van der Waals surface area contributed by atoms with Crippen LogP contribution >= 0.6 is 0 Å². The van der Waals surface area contributed by atoms with E-state index in [1.165, 1.54) is 11.1 Å². The van der Waals surface area contributed by atoms with E-state index in [1.807, 2.05) is 0 Å². The molecule has 0 atom stereocenters. The van der Waals surface area contributed by atoms with E-state index in [4.69, 9.17) is 14.2 Å². The fraction of sp³-hybridized carbons (Fsp3) is 0.536. The third-order valence-electron chi connectivity index (χ3n) is 6.75. The molecule has 0 radical (unpaired) electrons. The Labute approximate surface area is 231 Å². The normalized spacial score (nSPS) is 17.7. The summed E-state index contributed by atoms with van der Waals surface area (Å²) in [6.45, 7) is 11.0. The third-order valence-corrected chi connectivity index (χ3v) is 6.75. The first-order valence-corrected chi connectivity index (χ1v) is 13.3. The lowest BCUT2D eigenvalue weighted by Gasteiger charge is -2.30. The maximum absolute atomic E-state index is 13.9. The van der Waals surface area contributed by atoms with E-state index in [0.29, 0.717) is 17.9 Å². The number of fused-ring (bicyclic) bond motifs is 1. The lowest BCUT2D eigenvalue weighted by Crippen LogP contribution is -2.37. The average Bonchev–Trinajstić information content (AvgIpc) is 3.32. The van der Waals surface area contributed by atoms with Crippen LogP contribution in [0.3, 0.4) is 0 Å². The smallest absolute Gasteiger partial charge is 0.435 e.